The number of piperidine rings is 1. The van der Waals surface area contributed by atoms with E-state index in [9.17, 15) is 15.2 Å². The second-order valence-electron chi connectivity index (χ2n) is 7.53. The Bertz CT molecular complexity index is 1130. The number of fused-ring (bicyclic) bond motifs is 1. The number of hydrogen-bond acceptors (Lipinski definition) is 6. The van der Waals surface area contributed by atoms with Crippen molar-refractivity contribution in [2.24, 2.45) is 0 Å². The lowest BCUT2D eigenvalue weighted by Crippen LogP contribution is -2.48. The van der Waals surface area contributed by atoms with Gasteiger partial charge in [-0.2, -0.15) is 10.4 Å². The number of nitriles is 1. The monoisotopic (exact) mass is 420 g/mol. The fraction of sp³-hybridized carbons (Fsp3) is 0.364. The molecule has 1 saturated heterocycles. The molecular formula is C22H24N6O3. The minimum Gasteiger partial charge on any atom is -0.492 e. The summed E-state index contributed by atoms with van der Waals surface area (Å²) < 4.78 is 7.32. The fourth-order valence-corrected chi connectivity index (χ4v) is 4.01. The number of nitrogens with zero attached hydrogens (tertiary/aromatic N) is 6. The van der Waals surface area contributed by atoms with Gasteiger partial charge in [-0.3, -0.25) is 0 Å². The highest BCUT2D eigenvalue weighted by Crippen LogP contribution is 2.31. The van der Waals surface area contributed by atoms with E-state index in [-0.39, 0.29) is 6.04 Å². The van der Waals surface area contributed by atoms with Crippen LogP contribution in [0.2, 0.25) is 0 Å². The molecule has 1 aliphatic rings. The molecule has 1 unspecified atom stereocenters. The molecule has 1 amide bonds. The molecule has 0 aromatic carbocycles. The number of ether oxygens (including phenoxy) is 1. The summed E-state index contributed by atoms with van der Waals surface area (Å²) in [6, 6.07) is 7.94. The van der Waals surface area contributed by atoms with Crippen LogP contribution in [-0.4, -0.2) is 63.5 Å². The molecule has 1 N–H and O–H groups in total. The van der Waals surface area contributed by atoms with Crippen LogP contribution in [-0.2, 0) is 0 Å². The summed E-state index contributed by atoms with van der Waals surface area (Å²) in [4.78, 5) is 19.4. The van der Waals surface area contributed by atoms with Gasteiger partial charge in [-0.15, -0.1) is 0 Å². The van der Waals surface area contributed by atoms with Gasteiger partial charge in [0.05, 0.1) is 36.1 Å². The van der Waals surface area contributed by atoms with Gasteiger partial charge in [0.25, 0.3) is 0 Å². The van der Waals surface area contributed by atoms with Gasteiger partial charge in [-0.25, -0.2) is 14.3 Å². The number of likely N-dealkylation sites (N-methyl/N-ethyl adjacent to an activating group) is 1. The summed E-state index contributed by atoms with van der Waals surface area (Å²) in [5.74, 6) is 1.47. The number of anilines is 1. The molecular weight excluding hydrogens is 396 g/mol. The predicted octanol–water partition coefficient (Wildman–Crippen LogP) is 3.25. The maximum atomic E-state index is 11.3. The van der Waals surface area contributed by atoms with Crippen LogP contribution >= 0.6 is 0 Å². The Labute approximate surface area is 180 Å². The molecule has 0 saturated carbocycles. The van der Waals surface area contributed by atoms with Crippen molar-refractivity contribution in [1.82, 2.24) is 19.5 Å². The minimum absolute atomic E-state index is 0.0554. The third-order valence-corrected chi connectivity index (χ3v) is 5.65. The summed E-state index contributed by atoms with van der Waals surface area (Å²) in [6.07, 6.45) is 5.92. The summed E-state index contributed by atoms with van der Waals surface area (Å²) in [5, 5.41) is 23.0. The highest BCUT2D eigenvalue weighted by atomic mass is 16.5. The SMILES string of the molecule is CCOc1cc(-c2ccc(N3CCCC(N(C)C(=O)O)C3)nc2)c2c(C#N)cnn2c1. The van der Waals surface area contributed by atoms with Crippen LogP contribution in [0, 0.1) is 11.3 Å². The molecule has 3 aromatic rings. The van der Waals surface area contributed by atoms with Crippen molar-refractivity contribution in [2.75, 3.05) is 31.6 Å². The van der Waals surface area contributed by atoms with Gasteiger partial charge in [0.2, 0.25) is 0 Å². The lowest BCUT2D eigenvalue weighted by atomic mass is 10.0. The Morgan fingerprint density at radius 1 is 1.42 bits per heavy atom. The zero-order valence-electron chi connectivity index (χ0n) is 17.5. The summed E-state index contributed by atoms with van der Waals surface area (Å²) >= 11 is 0. The standard InChI is InChI=1S/C22H24N6O3/c1-3-31-18-9-19(21-16(10-23)12-25-28(21)14-18)15-6-7-20(24-11-15)27-8-4-5-17(13-27)26(2)22(29)30/h6-7,9,11-12,14,17H,3-5,8,13H2,1-2H3,(H,29,30). The molecule has 9 heteroatoms. The molecule has 1 fully saturated rings. The van der Waals surface area contributed by atoms with Crippen molar-refractivity contribution in [3.63, 3.8) is 0 Å². The predicted molar refractivity (Wildman–Crippen MR) is 115 cm³/mol. The highest BCUT2D eigenvalue weighted by Gasteiger charge is 2.26. The number of rotatable bonds is 5. The Kier molecular flexibility index (Phi) is 5.62. The lowest BCUT2D eigenvalue weighted by Gasteiger charge is -2.37. The molecule has 160 valence electrons. The summed E-state index contributed by atoms with van der Waals surface area (Å²) in [6.45, 7) is 3.88. The molecule has 0 bridgehead atoms. The van der Waals surface area contributed by atoms with E-state index >= 15 is 0 Å². The van der Waals surface area contributed by atoms with Crippen LogP contribution < -0.4 is 9.64 Å². The normalized spacial score (nSPS) is 16.2. The van der Waals surface area contributed by atoms with Crippen LogP contribution in [0.25, 0.3) is 16.6 Å². The first kappa shape index (κ1) is 20.5. The number of pyridine rings is 2. The lowest BCUT2D eigenvalue weighted by molar-refractivity contribution is 0.133. The van der Waals surface area contributed by atoms with E-state index in [1.54, 1.807) is 30.2 Å². The van der Waals surface area contributed by atoms with Crippen LogP contribution in [0.4, 0.5) is 10.6 Å². The molecule has 1 atom stereocenters. The molecule has 4 heterocycles. The van der Waals surface area contributed by atoms with Gasteiger partial charge in [0, 0.05) is 37.5 Å². The third kappa shape index (κ3) is 3.97. The van der Waals surface area contributed by atoms with Gasteiger partial charge in [0.1, 0.15) is 17.6 Å². The summed E-state index contributed by atoms with van der Waals surface area (Å²) in [7, 11) is 1.61. The van der Waals surface area contributed by atoms with E-state index in [0.717, 1.165) is 36.3 Å². The van der Waals surface area contributed by atoms with E-state index in [1.807, 2.05) is 25.1 Å². The second kappa shape index (κ2) is 8.52. The first-order valence-electron chi connectivity index (χ1n) is 10.2. The van der Waals surface area contributed by atoms with Gasteiger partial charge in [-0.05, 0) is 38.0 Å². The van der Waals surface area contributed by atoms with Crippen LogP contribution in [0.15, 0.2) is 36.8 Å². The van der Waals surface area contributed by atoms with Crippen molar-refractivity contribution in [2.45, 2.75) is 25.8 Å². The largest absolute Gasteiger partial charge is 0.492 e. The molecule has 3 aromatic heterocycles. The highest BCUT2D eigenvalue weighted by molar-refractivity contribution is 5.85. The van der Waals surface area contributed by atoms with Crippen molar-refractivity contribution < 1.29 is 14.6 Å². The van der Waals surface area contributed by atoms with Gasteiger partial charge in [0.15, 0.2) is 0 Å². The molecule has 1 aliphatic heterocycles. The minimum atomic E-state index is -0.914. The van der Waals surface area contributed by atoms with Gasteiger partial charge < -0.3 is 19.6 Å². The number of carboxylic acid groups (broad SMARTS) is 1. The number of amides is 1. The quantitative estimate of drug-likeness (QED) is 0.675. The Hall–Kier alpha value is -3.80. The molecule has 31 heavy (non-hydrogen) atoms. The van der Waals surface area contributed by atoms with E-state index in [1.165, 1.54) is 4.90 Å². The molecule has 0 spiro atoms. The van der Waals surface area contributed by atoms with E-state index < -0.39 is 6.09 Å². The Balaban J connectivity index is 1.65. The first-order chi connectivity index (χ1) is 15.0. The van der Waals surface area contributed by atoms with Crippen LogP contribution in [0.5, 0.6) is 5.75 Å². The zero-order chi connectivity index (χ0) is 22.0. The molecule has 0 aliphatic carbocycles. The van der Waals surface area contributed by atoms with Crippen LogP contribution in [0.1, 0.15) is 25.3 Å². The van der Waals surface area contributed by atoms with E-state index in [2.05, 4.69) is 21.1 Å². The van der Waals surface area contributed by atoms with Crippen molar-refractivity contribution in [3.8, 4) is 22.9 Å². The van der Waals surface area contributed by atoms with E-state index in [4.69, 9.17) is 4.74 Å². The smallest absolute Gasteiger partial charge is 0.407 e. The van der Waals surface area contributed by atoms with Gasteiger partial charge >= 0.3 is 6.09 Å². The van der Waals surface area contributed by atoms with Crippen molar-refractivity contribution in [3.05, 3.63) is 42.4 Å². The molecule has 0 radical (unpaired) electrons. The topological polar surface area (TPSA) is 107 Å². The number of aromatic nitrogens is 3. The Morgan fingerprint density at radius 2 is 2.26 bits per heavy atom. The summed E-state index contributed by atoms with van der Waals surface area (Å²) in [5.41, 5.74) is 2.86. The van der Waals surface area contributed by atoms with Crippen molar-refractivity contribution >= 4 is 17.4 Å². The number of hydrogen-bond donors (Lipinski definition) is 1. The number of carbonyl (C=O) groups is 1. The molecule has 9 nitrogen and oxygen atoms in total. The van der Waals surface area contributed by atoms with Crippen LogP contribution in [0.3, 0.4) is 0 Å². The van der Waals surface area contributed by atoms with E-state index in [0.29, 0.717) is 30.0 Å². The average molecular weight is 420 g/mol. The van der Waals surface area contributed by atoms with Crippen molar-refractivity contribution in [1.29, 1.82) is 5.26 Å². The first-order valence-corrected chi connectivity index (χ1v) is 10.2. The molecule has 4 rings (SSSR count). The maximum Gasteiger partial charge on any atom is 0.407 e. The zero-order valence-corrected chi connectivity index (χ0v) is 17.5. The maximum absolute atomic E-state index is 11.3. The third-order valence-electron chi connectivity index (χ3n) is 5.65. The second-order valence-corrected chi connectivity index (χ2v) is 7.53. The Morgan fingerprint density at radius 3 is 2.94 bits per heavy atom. The fourth-order valence-electron chi connectivity index (χ4n) is 4.01. The average Bonchev–Trinajstić information content (AvgIpc) is 3.21. The van der Waals surface area contributed by atoms with Gasteiger partial charge in [-0.1, -0.05) is 0 Å².